The SMILES string of the molecule is O=Nc1c(O)n(C2CCN(CC34CCCC(CCC3)C4)CC2)c2ccccc12. The van der Waals surface area contributed by atoms with Gasteiger partial charge in [0, 0.05) is 31.1 Å². The summed E-state index contributed by atoms with van der Waals surface area (Å²) in [6, 6.07) is 7.95. The lowest BCUT2D eigenvalue weighted by Gasteiger charge is -2.48. The monoisotopic (exact) mass is 381 g/mol. The summed E-state index contributed by atoms with van der Waals surface area (Å²) in [6.45, 7) is 3.41. The molecule has 2 heterocycles. The Balaban J connectivity index is 1.31. The fourth-order valence-corrected chi connectivity index (χ4v) is 6.55. The van der Waals surface area contributed by atoms with Crippen LogP contribution >= 0.6 is 0 Å². The third kappa shape index (κ3) is 3.04. The number of benzene rings is 1. The van der Waals surface area contributed by atoms with E-state index >= 15 is 0 Å². The van der Waals surface area contributed by atoms with Crippen molar-refractivity contribution in [2.45, 2.75) is 63.8 Å². The van der Waals surface area contributed by atoms with Crippen LogP contribution in [0.4, 0.5) is 5.69 Å². The van der Waals surface area contributed by atoms with E-state index in [4.69, 9.17) is 0 Å². The molecule has 2 saturated carbocycles. The first-order chi connectivity index (χ1) is 13.7. The van der Waals surface area contributed by atoms with Crippen LogP contribution in [0.15, 0.2) is 29.4 Å². The van der Waals surface area contributed by atoms with Crippen LogP contribution < -0.4 is 0 Å². The molecule has 150 valence electrons. The van der Waals surface area contributed by atoms with Crippen molar-refractivity contribution in [3.05, 3.63) is 29.2 Å². The number of piperidine rings is 1. The zero-order valence-corrected chi connectivity index (χ0v) is 16.6. The van der Waals surface area contributed by atoms with Crippen LogP contribution in [-0.2, 0) is 0 Å². The number of rotatable bonds is 4. The molecule has 3 fully saturated rings. The van der Waals surface area contributed by atoms with Crippen LogP contribution in [0.5, 0.6) is 5.88 Å². The van der Waals surface area contributed by atoms with E-state index in [1.54, 1.807) is 0 Å². The molecule has 5 heteroatoms. The summed E-state index contributed by atoms with van der Waals surface area (Å²) < 4.78 is 1.96. The lowest BCUT2D eigenvalue weighted by Crippen LogP contribution is -2.45. The average Bonchev–Trinajstić information content (AvgIpc) is 3.00. The van der Waals surface area contributed by atoms with E-state index in [1.165, 1.54) is 51.5 Å². The minimum atomic E-state index is 0.0376. The Labute approximate surface area is 166 Å². The Bertz CT molecular complexity index is 856. The van der Waals surface area contributed by atoms with Crippen LogP contribution in [0.2, 0.25) is 0 Å². The van der Waals surface area contributed by atoms with Crippen molar-refractivity contribution >= 4 is 16.6 Å². The highest BCUT2D eigenvalue weighted by Crippen LogP contribution is 2.50. The average molecular weight is 382 g/mol. The van der Waals surface area contributed by atoms with E-state index in [-0.39, 0.29) is 17.6 Å². The number of nitrogens with zero attached hydrogens (tertiary/aromatic N) is 3. The van der Waals surface area contributed by atoms with Gasteiger partial charge in [-0.1, -0.05) is 43.9 Å². The van der Waals surface area contributed by atoms with Gasteiger partial charge in [0.15, 0.2) is 5.69 Å². The number of para-hydroxylation sites is 1. The van der Waals surface area contributed by atoms with Crippen LogP contribution in [0.1, 0.15) is 63.8 Å². The number of aromatic hydroxyl groups is 1. The first-order valence-electron chi connectivity index (χ1n) is 11.1. The van der Waals surface area contributed by atoms with E-state index < -0.39 is 0 Å². The maximum atomic E-state index is 11.3. The molecule has 5 nitrogen and oxygen atoms in total. The third-order valence-corrected chi connectivity index (χ3v) is 7.79. The molecular formula is C23H31N3O2. The normalized spacial score (nSPS) is 29.2. The number of hydrogen-bond acceptors (Lipinski definition) is 4. The molecule has 1 saturated heterocycles. The standard InChI is InChI=1S/C23H31N3O2/c27-22-21(24-28)19-7-1-2-8-20(19)26(22)18-9-13-25(14-10-18)16-23-11-3-5-17(15-23)6-4-12-23/h1-2,7-8,17-18,27H,3-6,9-16H2. The van der Waals surface area contributed by atoms with Gasteiger partial charge in [0.1, 0.15) is 0 Å². The summed E-state index contributed by atoms with van der Waals surface area (Å²) in [5.41, 5.74) is 1.69. The summed E-state index contributed by atoms with van der Waals surface area (Å²) >= 11 is 0. The summed E-state index contributed by atoms with van der Waals surface area (Å²) in [5.74, 6) is 1.02. The van der Waals surface area contributed by atoms with Crippen molar-refractivity contribution in [2.75, 3.05) is 19.6 Å². The zero-order valence-electron chi connectivity index (χ0n) is 16.6. The van der Waals surface area contributed by atoms with Crippen molar-refractivity contribution in [3.8, 4) is 5.88 Å². The van der Waals surface area contributed by atoms with Gasteiger partial charge < -0.3 is 14.6 Å². The Kier molecular flexibility index (Phi) is 4.66. The molecule has 0 spiro atoms. The summed E-state index contributed by atoms with van der Waals surface area (Å²) in [4.78, 5) is 14.0. The number of nitroso groups, excluding NO2 is 1. The first kappa shape index (κ1) is 18.2. The molecule has 28 heavy (non-hydrogen) atoms. The molecule has 0 amide bonds. The van der Waals surface area contributed by atoms with Crippen molar-refractivity contribution in [2.24, 2.45) is 16.5 Å². The molecule has 2 aromatic rings. The van der Waals surface area contributed by atoms with Gasteiger partial charge >= 0.3 is 0 Å². The van der Waals surface area contributed by atoms with E-state index in [2.05, 4.69) is 10.1 Å². The fraction of sp³-hybridized carbons (Fsp3) is 0.652. The minimum absolute atomic E-state index is 0.0376. The molecule has 0 unspecified atom stereocenters. The molecular weight excluding hydrogens is 350 g/mol. The Morgan fingerprint density at radius 2 is 1.79 bits per heavy atom. The van der Waals surface area contributed by atoms with Crippen LogP contribution in [0.25, 0.3) is 10.9 Å². The number of likely N-dealkylation sites (tertiary alicyclic amines) is 1. The lowest BCUT2D eigenvalue weighted by molar-refractivity contribution is 0.0249. The second-order valence-corrected chi connectivity index (χ2v) is 9.51. The summed E-state index contributed by atoms with van der Waals surface area (Å²) in [5, 5.41) is 14.5. The number of aromatic nitrogens is 1. The van der Waals surface area contributed by atoms with Gasteiger partial charge in [-0.05, 0) is 54.7 Å². The van der Waals surface area contributed by atoms with Crippen molar-refractivity contribution in [1.82, 2.24) is 9.47 Å². The van der Waals surface area contributed by atoms with Gasteiger partial charge in [0.25, 0.3) is 0 Å². The highest BCUT2D eigenvalue weighted by molar-refractivity contribution is 5.95. The molecule has 3 aliphatic rings. The smallest absolute Gasteiger partial charge is 0.222 e. The van der Waals surface area contributed by atoms with Gasteiger partial charge in [0.2, 0.25) is 5.88 Å². The van der Waals surface area contributed by atoms with Crippen LogP contribution in [-0.4, -0.2) is 34.2 Å². The molecule has 0 radical (unpaired) electrons. The molecule has 1 aromatic heterocycles. The van der Waals surface area contributed by atoms with E-state index in [0.29, 0.717) is 5.41 Å². The number of fused-ring (bicyclic) bond motifs is 3. The molecule has 1 aromatic carbocycles. The van der Waals surface area contributed by atoms with Crippen molar-refractivity contribution in [3.63, 3.8) is 0 Å². The van der Waals surface area contributed by atoms with Gasteiger partial charge in [-0.2, -0.15) is 0 Å². The van der Waals surface area contributed by atoms with Gasteiger partial charge in [-0.15, -0.1) is 4.91 Å². The largest absolute Gasteiger partial charge is 0.493 e. The molecule has 2 bridgehead atoms. The second-order valence-electron chi connectivity index (χ2n) is 9.51. The molecule has 1 aliphatic heterocycles. The molecule has 0 atom stereocenters. The third-order valence-electron chi connectivity index (χ3n) is 7.79. The van der Waals surface area contributed by atoms with E-state index in [1.807, 2.05) is 28.8 Å². The van der Waals surface area contributed by atoms with Crippen molar-refractivity contribution in [1.29, 1.82) is 0 Å². The van der Waals surface area contributed by atoms with Crippen molar-refractivity contribution < 1.29 is 5.11 Å². The summed E-state index contributed by atoms with van der Waals surface area (Å²) in [7, 11) is 0. The maximum Gasteiger partial charge on any atom is 0.222 e. The van der Waals surface area contributed by atoms with Gasteiger partial charge in [0.05, 0.1) is 5.52 Å². The molecule has 1 N–H and O–H groups in total. The summed E-state index contributed by atoms with van der Waals surface area (Å²) in [6.07, 6.45) is 12.1. The Morgan fingerprint density at radius 3 is 2.50 bits per heavy atom. The molecule has 5 rings (SSSR count). The highest BCUT2D eigenvalue weighted by Gasteiger charge is 2.40. The maximum absolute atomic E-state index is 11.3. The van der Waals surface area contributed by atoms with E-state index in [9.17, 15) is 10.0 Å². The van der Waals surface area contributed by atoms with Crippen LogP contribution in [0, 0.1) is 16.2 Å². The highest BCUT2D eigenvalue weighted by atomic mass is 16.3. The molecule has 2 aliphatic carbocycles. The predicted molar refractivity (Wildman–Crippen MR) is 112 cm³/mol. The second kappa shape index (κ2) is 7.18. The van der Waals surface area contributed by atoms with Crippen LogP contribution in [0.3, 0.4) is 0 Å². The van der Waals surface area contributed by atoms with E-state index in [0.717, 1.165) is 42.8 Å². The fourth-order valence-electron chi connectivity index (χ4n) is 6.55. The van der Waals surface area contributed by atoms with Gasteiger partial charge in [-0.25, -0.2) is 0 Å². The number of hydrogen-bond donors (Lipinski definition) is 1. The lowest BCUT2D eigenvalue weighted by atomic mass is 9.62. The predicted octanol–water partition coefficient (Wildman–Crippen LogP) is 5.74. The zero-order chi connectivity index (χ0) is 19.1. The van der Waals surface area contributed by atoms with Gasteiger partial charge in [-0.3, -0.25) is 0 Å². The quantitative estimate of drug-likeness (QED) is 0.687. The topological polar surface area (TPSA) is 57.8 Å². The first-order valence-corrected chi connectivity index (χ1v) is 11.1. The minimum Gasteiger partial charge on any atom is -0.493 e. The Hall–Kier alpha value is -1.88. The Morgan fingerprint density at radius 1 is 1.07 bits per heavy atom.